The van der Waals surface area contributed by atoms with Gasteiger partial charge in [0.2, 0.25) is 0 Å². The van der Waals surface area contributed by atoms with Crippen LogP contribution in [0.4, 0.5) is 26.1 Å². The van der Waals surface area contributed by atoms with Crippen LogP contribution in [0.3, 0.4) is 0 Å². The Bertz CT molecular complexity index is 478. The predicted octanol–water partition coefficient (Wildman–Crippen LogP) is 2.08. The number of nitrogens with one attached hydrogen (secondary N) is 1. The number of hydrogen-bond acceptors (Lipinski definition) is 4. The van der Waals surface area contributed by atoms with Gasteiger partial charge in [-0.2, -0.15) is 0 Å². The normalized spacial score (nSPS) is 10.1. The van der Waals surface area contributed by atoms with Gasteiger partial charge in [0, 0.05) is 0 Å². The van der Waals surface area contributed by atoms with Crippen molar-refractivity contribution in [2.45, 2.75) is 0 Å². The lowest BCUT2D eigenvalue weighted by molar-refractivity contribution is 0.590. The summed E-state index contributed by atoms with van der Waals surface area (Å²) in [6.45, 7) is 0. The second-order valence-electron chi connectivity index (χ2n) is 3.05. The molecule has 0 saturated carbocycles. The molecule has 0 amide bonds. The van der Waals surface area contributed by atoms with Crippen molar-refractivity contribution in [3.63, 3.8) is 0 Å². The molecule has 0 atom stereocenters. The van der Waals surface area contributed by atoms with Gasteiger partial charge in [-0.3, -0.25) is 0 Å². The average Bonchev–Trinajstić information content (AvgIpc) is 2.26. The highest BCUT2D eigenvalue weighted by atomic mass is 19.1. The third-order valence-electron chi connectivity index (χ3n) is 1.89. The van der Waals surface area contributed by atoms with Crippen LogP contribution in [0.25, 0.3) is 0 Å². The Morgan fingerprint density at radius 1 is 1.06 bits per heavy atom. The van der Waals surface area contributed by atoms with E-state index in [1.54, 1.807) is 0 Å². The fourth-order valence-corrected chi connectivity index (χ4v) is 1.15. The van der Waals surface area contributed by atoms with E-state index in [0.717, 1.165) is 12.1 Å². The quantitative estimate of drug-likeness (QED) is 0.816. The molecule has 0 aliphatic rings. The summed E-state index contributed by atoms with van der Waals surface area (Å²) in [6, 6.07) is 3.58. The summed E-state index contributed by atoms with van der Waals surface area (Å²) in [5, 5.41) is 2.49. The number of benzene rings is 1. The average molecular weight is 222 g/mol. The lowest BCUT2D eigenvalue weighted by Gasteiger charge is -2.07. The smallest absolute Gasteiger partial charge is 0.149 e. The lowest BCUT2D eigenvalue weighted by atomic mass is 10.3. The van der Waals surface area contributed by atoms with E-state index in [1.807, 2.05) is 0 Å². The van der Waals surface area contributed by atoms with Gasteiger partial charge in [-0.25, -0.2) is 18.7 Å². The first kappa shape index (κ1) is 10.3. The molecule has 0 aliphatic heterocycles. The molecular weight excluding hydrogens is 214 g/mol. The first-order valence-corrected chi connectivity index (χ1v) is 4.45. The van der Waals surface area contributed by atoms with Gasteiger partial charge >= 0.3 is 0 Å². The van der Waals surface area contributed by atoms with Crippen molar-refractivity contribution in [1.82, 2.24) is 9.97 Å². The molecule has 1 heterocycles. The van der Waals surface area contributed by atoms with Crippen LogP contribution >= 0.6 is 0 Å². The molecule has 1 aromatic heterocycles. The van der Waals surface area contributed by atoms with Crippen LogP contribution in [0.5, 0.6) is 0 Å². The summed E-state index contributed by atoms with van der Waals surface area (Å²) in [4.78, 5) is 7.57. The first-order chi connectivity index (χ1) is 7.66. The zero-order valence-corrected chi connectivity index (χ0v) is 8.11. The highest BCUT2D eigenvalue weighted by molar-refractivity contribution is 5.57. The number of hydrogen-bond donors (Lipinski definition) is 2. The summed E-state index contributed by atoms with van der Waals surface area (Å²) >= 11 is 0. The highest BCUT2D eigenvalue weighted by Crippen LogP contribution is 2.21. The largest absolute Gasteiger partial charge is 0.382 e. The Morgan fingerprint density at radius 2 is 1.75 bits per heavy atom. The van der Waals surface area contributed by atoms with Crippen LogP contribution in [0.2, 0.25) is 0 Å². The minimum absolute atomic E-state index is 0.221. The molecule has 0 spiro atoms. The van der Waals surface area contributed by atoms with E-state index in [-0.39, 0.29) is 17.3 Å². The monoisotopic (exact) mass is 222 g/mol. The van der Waals surface area contributed by atoms with Crippen LogP contribution in [-0.2, 0) is 0 Å². The van der Waals surface area contributed by atoms with Crippen molar-refractivity contribution in [2.24, 2.45) is 0 Å². The first-order valence-electron chi connectivity index (χ1n) is 4.45. The summed E-state index contributed by atoms with van der Waals surface area (Å²) in [5.41, 5.74) is 5.07. The topological polar surface area (TPSA) is 63.8 Å². The molecule has 0 aliphatic carbocycles. The molecule has 0 saturated heterocycles. The maximum Gasteiger partial charge on any atom is 0.149 e. The fourth-order valence-electron chi connectivity index (χ4n) is 1.15. The van der Waals surface area contributed by atoms with Gasteiger partial charge in [-0.15, -0.1) is 0 Å². The molecular formula is C10H8F2N4. The van der Waals surface area contributed by atoms with E-state index in [1.165, 1.54) is 18.5 Å². The van der Waals surface area contributed by atoms with E-state index < -0.39 is 11.6 Å². The molecule has 3 N–H and O–H groups in total. The number of nitrogen functional groups attached to an aromatic ring is 1. The Kier molecular flexibility index (Phi) is 2.63. The van der Waals surface area contributed by atoms with Gasteiger partial charge in [0.05, 0.1) is 12.4 Å². The summed E-state index contributed by atoms with van der Waals surface area (Å²) < 4.78 is 26.5. The molecule has 0 fully saturated rings. The molecule has 1 aromatic carbocycles. The zero-order chi connectivity index (χ0) is 11.5. The molecule has 2 rings (SSSR count). The lowest BCUT2D eigenvalue weighted by Crippen LogP contribution is -2.00. The number of nitrogens with two attached hydrogens (primary N) is 1. The Labute approximate surface area is 90.1 Å². The van der Waals surface area contributed by atoms with Crippen molar-refractivity contribution >= 4 is 17.3 Å². The fraction of sp³-hybridized carbons (Fsp3) is 0. The van der Waals surface area contributed by atoms with E-state index in [4.69, 9.17) is 5.73 Å². The number of anilines is 3. The summed E-state index contributed by atoms with van der Waals surface area (Å²) in [5.74, 6) is -0.935. The van der Waals surface area contributed by atoms with Crippen molar-refractivity contribution in [3.8, 4) is 0 Å². The SMILES string of the molecule is Nc1cnc(Nc2c(F)cccc2F)cn1. The second kappa shape index (κ2) is 4.09. The molecule has 0 unspecified atom stereocenters. The van der Waals surface area contributed by atoms with Crippen LogP contribution in [-0.4, -0.2) is 9.97 Å². The highest BCUT2D eigenvalue weighted by Gasteiger charge is 2.08. The van der Waals surface area contributed by atoms with Gasteiger partial charge in [-0.1, -0.05) is 6.07 Å². The molecule has 4 nitrogen and oxygen atoms in total. The zero-order valence-electron chi connectivity index (χ0n) is 8.11. The van der Waals surface area contributed by atoms with E-state index >= 15 is 0 Å². The van der Waals surface area contributed by atoms with E-state index in [9.17, 15) is 8.78 Å². The van der Waals surface area contributed by atoms with Crippen LogP contribution in [0, 0.1) is 11.6 Å². The Balaban J connectivity index is 2.30. The van der Waals surface area contributed by atoms with Gasteiger partial charge < -0.3 is 11.1 Å². The van der Waals surface area contributed by atoms with Crippen LogP contribution in [0.1, 0.15) is 0 Å². The van der Waals surface area contributed by atoms with Crippen LogP contribution < -0.4 is 11.1 Å². The molecule has 16 heavy (non-hydrogen) atoms. The molecule has 0 bridgehead atoms. The third kappa shape index (κ3) is 2.05. The molecule has 0 radical (unpaired) electrons. The number of nitrogens with zero attached hydrogens (tertiary/aromatic N) is 2. The second-order valence-corrected chi connectivity index (χ2v) is 3.05. The van der Waals surface area contributed by atoms with Crippen molar-refractivity contribution in [3.05, 3.63) is 42.2 Å². The van der Waals surface area contributed by atoms with Gasteiger partial charge in [0.25, 0.3) is 0 Å². The van der Waals surface area contributed by atoms with Crippen molar-refractivity contribution in [1.29, 1.82) is 0 Å². The minimum atomic E-state index is -0.696. The molecule has 82 valence electrons. The minimum Gasteiger partial charge on any atom is -0.382 e. The molecule has 6 heteroatoms. The summed E-state index contributed by atoms with van der Waals surface area (Å²) in [6.07, 6.45) is 2.59. The van der Waals surface area contributed by atoms with Crippen molar-refractivity contribution < 1.29 is 8.78 Å². The Morgan fingerprint density at radius 3 is 2.31 bits per heavy atom. The Hall–Kier alpha value is -2.24. The number of aromatic nitrogens is 2. The maximum absolute atomic E-state index is 13.2. The van der Waals surface area contributed by atoms with Gasteiger partial charge in [-0.05, 0) is 12.1 Å². The van der Waals surface area contributed by atoms with Gasteiger partial charge in [0.1, 0.15) is 29.0 Å². The maximum atomic E-state index is 13.2. The number of halogens is 2. The number of para-hydroxylation sites is 1. The van der Waals surface area contributed by atoms with Gasteiger partial charge in [0.15, 0.2) is 0 Å². The third-order valence-corrected chi connectivity index (χ3v) is 1.89. The standard InChI is InChI=1S/C10H8F2N4/c11-6-2-1-3-7(12)10(6)16-9-5-14-8(13)4-15-9/h1-5H,(H2,13,14)(H,15,16). The van der Waals surface area contributed by atoms with Crippen molar-refractivity contribution in [2.75, 3.05) is 11.1 Å². The number of rotatable bonds is 2. The van der Waals surface area contributed by atoms with Crippen LogP contribution in [0.15, 0.2) is 30.6 Å². The molecule has 2 aromatic rings. The summed E-state index contributed by atoms with van der Waals surface area (Å²) in [7, 11) is 0. The van der Waals surface area contributed by atoms with E-state index in [0.29, 0.717) is 0 Å². The van der Waals surface area contributed by atoms with E-state index in [2.05, 4.69) is 15.3 Å². The predicted molar refractivity (Wildman–Crippen MR) is 56.1 cm³/mol.